The van der Waals surface area contributed by atoms with Crippen LogP contribution in [-0.4, -0.2) is 41.1 Å². The normalized spacial score (nSPS) is 18.8. The van der Waals surface area contributed by atoms with Gasteiger partial charge in [-0.3, -0.25) is 4.79 Å². The minimum absolute atomic E-state index is 0.0203. The fourth-order valence-electron chi connectivity index (χ4n) is 2.09. The molecule has 1 fully saturated rings. The Bertz CT molecular complexity index is 433. The summed E-state index contributed by atoms with van der Waals surface area (Å²) in [6.45, 7) is 1.09. The van der Waals surface area contributed by atoms with Crippen LogP contribution in [0.4, 0.5) is 4.79 Å². The summed E-state index contributed by atoms with van der Waals surface area (Å²) in [6.07, 6.45) is 0.766. The van der Waals surface area contributed by atoms with Gasteiger partial charge in [-0.25, -0.2) is 4.79 Å². The number of nitrogens with zero attached hydrogens (tertiary/aromatic N) is 1. The Balaban J connectivity index is 1.83. The molecule has 1 atom stereocenters. The molecule has 2 amide bonds. The van der Waals surface area contributed by atoms with Crippen molar-refractivity contribution in [1.29, 1.82) is 0 Å². The van der Waals surface area contributed by atoms with Crippen LogP contribution in [0.15, 0.2) is 30.3 Å². The van der Waals surface area contributed by atoms with Gasteiger partial charge in [0.25, 0.3) is 0 Å². The number of aliphatic carboxylic acids is 1. The standard InChI is InChI=1S/C13H16N2O3/c16-12(17)8-11-9-15(13(18)14-11)7-6-10-4-2-1-3-5-10/h1-5,11H,6-9H2,(H,14,18)(H,16,17). The predicted molar refractivity (Wildman–Crippen MR) is 66.3 cm³/mol. The van der Waals surface area contributed by atoms with Crippen molar-refractivity contribution >= 4 is 12.0 Å². The molecule has 1 saturated heterocycles. The minimum Gasteiger partial charge on any atom is -0.481 e. The van der Waals surface area contributed by atoms with Crippen LogP contribution in [0.1, 0.15) is 12.0 Å². The molecule has 0 aliphatic carbocycles. The first-order valence-electron chi connectivity index (χ1n) is 5.96. The maximum atomic E-state index is 11.6. The van der Waals surface area contributed by atoms with Crippen molar-refractivity contribution < 1.29 is 14.7 Å². The van der Waals surface area contributed by atoms with E-state index in [1.807, 2.05) is 30.3 Å². The Morgan fingerprint density at radius 2 is 2.11 bits per heavy atom. The van der Waals surface area contributed by atoms with Crippen LogP contribution in [0.2, 0.25) is 0 Å². The molecule has 1 aliphatic heterocycles. The third-order valence-electron chi connectivity index (χ3n) is 2.99. The molecule has 0 radical (unpaired) electrons. The van der Waals surface area contributed by atoms with Crippen LogP contribution >= 0.6 is 0 Å². The van der Waals surface area contributed by atoms with Crippen LogP contribution in [0, 0.1) is 0 Å². The van der Waals surface area contributed by atoms with Gasteiger partial charge in [-0.05, 0) is 12.0 Å². The number of carbonyl (C=O) groups excluding carboxylic acids is 1. The van der Waals surface area contributed by atoms with E-state index < -0.39 is 5.97 Å². The summed E-state index contributed by atoms with van der Waals surface area (Å²) in [4.78, 5) is 23.9. The maximum Gasteiger partial charge on any atom is 0.317 e. The van der Waals surface area contributed by atoms with E-state index in [0.717, 1.165) is 6.42 Å². The second kappa shape index (κ2) is 5.53. The third kappa shape index (κ3) is 3.23. The van der Waals surface area contributed by atoms with Gasteiger partial charge in [-0.2, -0.15) is 0 Å². The molecular weight excluding hydrogens is 232 g/mol. The molecule has 0 saturated carbocycles. The van der Waals surface area contributed by atoms with Crippen molar-refractivity contribution in [2.75, 3.05) is 13.1 Å². The number of carbonyl (C=O) groups is 2. The number of benzene rings is 1. The molecule has 96 valence electrons. The first-order valence-corrected chi connectivity index (χ1v) is 5.96. The Morgan fingerprint density at radius 1 is 1.39 bits per heavy atom. The van der Waals surface area contributed by atoms with Crippen molar-refractivity contribution in [3.05, 3.63) is 35.9 Å². The van der Waals surface area contributed by atoms with Crippen LogP contribution in [-0.2, 0) is 11.2 Å². The molecule has 1 aromatic rings. The molecule has 5 heteroatoms. The predicted octanol–water partition coefficient (Wildman–Crippen LogP) is 1.10. The fourth-order valence-corrected chi connectivity index (χ4v) is 2.09. The zero-order chi connectivity index (χ0) is 13.0. The van der Waals surface area contributed by atoms with E-state index >= 15 is 0 Å². The molecule has 5 nitrogen and oxygen atoms in total. The monoisotopic (exact) mass is 248 g/mol. The van der Waals surface area contributed by atoms with Gasteiger partial charge >= 0.3 is 12.0 Å². The maximum absolute atomic E-state index is 11.6. The van der Waals surface area contributed by atoms with Crippen LogP contribution in [0.25, 0.3) is 0 Å². The molecular formula is C13H16N2O3. The highest BCUT2D eigenvalue weighted by atomic mass is 16.4. The van der Waals surface area contributed by atoms with E-state index in [1.54, 1.807) is 4.90 Å². The molecule has 0 aromatic heterocycles. The SMILES string of the molecule is O=C(O)CC1CN(CCc2ccccc2)C(=O)N1. The number of carboxylic acid groups (broad SMARTS) is 1. The zero-order valence-electron chi connectivity index (χ0n) is 10.0. The molecule has 1 aromatic carbocycles. The van der Waals surface area contributed by atoms with Crippen LogP contribution in [0.3, 0.4) is 0 Å². The van der Waals surface area contributed by atoms with Gasteiger partial charge in [0.05, 0.1) is 12.5 Å². The Morgan fingerprint density at radius 3 is 2.78 bits per heavy atom. The van der Waals surface area contributed by atoms with Crippen LogP contribution in [0.5, 0.6) is 0 Å². The van der Waals surface area contributed by atoms with Gasteiger partial charge in [0, 0.05) is 13.1 Å². The number of hydrogen-bond acceptors (Lipinski definition) is 2. The van der Waals surface area contributed by atoms with E-state index in [0.29, 0.717) is 13.1 Å². The number of carboxylic acids is 1. The van der Waals surface area contributed by atoms with E-state index in [9.17, 15) is 9.59 Å². The van der Waals surface area contributed by atoms with Crippen LogP contribution < -0.4 is 5.32 Å². The van der Waals surface area contributed by atoms with Gasteiger partial charge in [0.1, 0.15) is 0 Å². The third-order valence-corrected chi connectivity index (χ3v) is 2.99. The summed E-state index contributed by atoms with van der Waals surface area (Å²) in [5, 5.41) is 11.4. The largest absolute Gasteiger partial charge is 0.481 e. The van der Waals surface area contributed by atoms with Gasteiger partial charge in [-0.1, -0.05) is 30.3 Å². The van der Waals surface area contributed by atoms with E-state index in [1.165, 1.54) is 5.56 Å². The quantitative estimate of drug-likeness (QED) is 0.819. The zero-order valence-corrected chi connectivity index (χ0v) is 10.0. The lowest BCUT2D eigenvalue weighted by molar-refractivity contribution is -0.137. The van der Waals surface area contributed by atoms with Gasteiger partial charge in [0.2, 0.25) is 0 Å². The number of urea groups is 1. The molecule has 1 aliphatic rings. The average Bonchev–Trinajstić information content (AvgIpc) is 2.67. The summed E-state index contributed by atoms with van der Waals surface area (Å²) in [6, 6.07) is 9.47. The highest BCUT2D eigenvalue weighted by Gasteiger charge is 2.29. The van der Waals surface area contributed by atoms with Crippen molar-refractivity contribution in [3.8, 4) is 0 Å². The summed E-state index contributed by atoms with van der Waals surface area (Å²) in [5.74, 6) is -0.884. The molecule has 2 N–H and O–H groups in total. The molecule has 18 heavy (non-hydrogen) atoms. The van der Waals surface area contributed by atoms with Gasteiger partial charge in [-0.15, -0.1) is 0 Å². The summed E-state index contributed by atoms with van der Waals surface area (Å²) >= 11 is 0. The first-order chi connectivity index (χ1) is 8.65. The Hall–Kier alpha value is -2.04. The molecule has 1 heterocycles. The van der Waals surface area contributed by atoms with Crippen molar-refractivity contribution in [2.24, 2.45) is 0 Å². The lowest BCUT2D eigenvalue weighted by atomic mass is 10.1. The molecule has 1 unspecified atom stereocenters. The number of rotatable bonds is 5. The smallest absolute Gasteiger partial charge is 0.317 e. The first kappa shape index (κ1) is 12.4. The second-order valence-electron chi connectivity index (χ2n) is 4.43. The Labute approximate surface area is 105 Å². The van der Waals surface area contributed by atoms with Gasteiger partial charge in [0.15, 0.2) is 0 Å². The highest BCUT2D eigenvalue weighted by Crippen LogP contribution is 2.09. The highest BCUT2D eigenvalue weighted by molar-refractivity contribution is 5.78. The van der Waals surface area contributed by atoms with Crippen molar-refractivity contribution in [3.63, 3.8) is 0 Å². The number of nitrogens with one attached hydrogen (secondary N) is 1. The van der Waals surface area contributed by atoms with E-state index in [-0.39, 0.29) is 18.5 Å². The lowest BCUT2D eigenvalue weighted by Gasteiger charge is -2.14. The average molecular weight is 248 g/mol. The van der Waals surface area contributed by atoms with Crippen molar-refractivity contribution in [1.82, 2.24) is 10.2 Å². The summed E-state index contributed by atoms with van der Waals surface area (Å²) in [5.41, 5.74) is 1.17. The molecule has 0 spiro atoms. The fraction of sp³-hybridized carbons (Fsp3) is 0.385. The summed E-state index contributed by atoms with van der Waals surface area (Å²) in [7, 11) is 0. The lowest BCUT2D eigenvalue weighted by Crippen LogP contribution is -2.30. The van der Waals surface area contributed by atoms with Gasteiger partial charge < -0.3 is 15.3 Å². The number of hydrogen-bond donors (Lipinski definition) is 2. The second-order valence-corrected chi connectivity index (χ2v) is 4.43. The summed E-state index contributed by atoms with van der Waals surface area (Å²) < 4.78 is 0. The Kier molecular flexibility index (Phi) is 3.82. The topological polar surface area (TPSA) is 69.6 Å². The van der Waals surface area contributed by atoms with E-state index in [2.05, 4.69) is 5.32 Å². The minimum atomic E-state index is -0.884. The molecule has 0 bridgehead atoms. The molecule has 2 rings (SSSR count). The number of amides is 2. The van der Waals surface area contributed by atoms with Crippen molar-refractivity contribution in [2.45, 2.75) is 18.9 Å². The van der Waals surface area contributed by atoms with E-state index in [4.69, 9.17) is 5.11 Å².